The largest absolute Gasteiger partial charge is 0.460 e. The number of ether oxygens (including phenoxy) is 1. The van der Waals surface area contributed by atoms with Crippen LogP contribution in [0.5, 0.6) is 0 Å². The van der Waals surface area contributed by atoms with Crippen molar-refractivity contribution in [2.75, 3.05) is 0 Å². The van der Waals surface area contributed by atoms with Crippen LogP contribution in [0.25, 0.3) is 0 Å². The van der Waals surface area contributed by atoms with Gasteiger partial charge in [0, 0.05) is 5.92 Å². The van der Waals surface area contributed by atoms with Gasteiger partial charge in [-0.15, -0.1) is 0 Å². The summed E-state index contributed by atoms with van der Waals surface area (Å²) in [5.74, 6) is -0.363. The van der Waals surface area contributed by atoms with E-state index < -0.39 is 5.60 Å². The van der Waals surface area contributed by atoms with E-state index in [9.17, 15) is 4.79 Å². The zero-order valence-electron chi connectivity index (χ0n) is 13.5. The van der Waals surface area contributed by atoms with Gasteiger partial charge in [0.1, 0.15) is 5.60 Å². The van der Waals surface area contributed by atoms with Gasteiger partial charge in [-0.25, -0.2) is 0 Å². The van der Waals surface area contributed by atoms with Gasteiger partial charge in [0.05, 0.1) is 16.5 Å². The number of halogens is 2. The lowest BCUT2D eigenvalue weighted by molar-refractivity contribution is -0.155. The third kappa shape index (κ3) is 5.26. The van der Waals surface area contributed by atoms with Gasteiger partial charge in [0.2, 0.25) is 0 Å². The Balaban J connectivity index is 2.33. The molecule has 1 atom stereocenters. The first-order valence-corrected chi connectivity index (χ1v) is 8.23. The molecule has 0 aromatic heterocycles. The first-order chi connectivity index (χ1) is 10.8. The second kappa shape index (κ2) is 7.37. The maximum absolute atomic E-state index is 12.3. The summed E-state index contributed by atoms with van der Waals surface area (Å²) in [4.78, 5) is 12.3. The summed E-state index contributed by atoms with van der Waals surface area (Å²) in [5.41, 5.74) is 1.48. The Hall–Kier alpha value is -1.51. The monoisotopic (exact) mass is 350 g/mol. The Morgan fingerprint density at radius 3 is 2.22 bits per heavy atom. The lowest BCUT2D eigenvalue weighted by Crippen LogP contribution is -2.25. The molecule has 2 aromatic rings. The van der Waals surface area contributed by atoms with E-state index >= 15 is 0 Å². The molecule has 0 radical (unpaired) electrons. The van der Waals surface area contributed by atoms with Gasteiger partial charge in [0.25, 0.3) is 0 Å². The minimum Gasteiger partial charge on any atom is -0.460 e. The van der Waals surface area contributed by atoms with E-state index in [1.807, 2.05) is 63.2 Å². The standard InChI is InChI=1S/C19H20Cl2O2/c1-19(2,3)23-18(22)12-15(13-7-5-4-6-8-13)14-9-10-16(20)17(21)11-14/h4-11,15H,12H2,1-3H3/t15-/m0/s1. The zero-order chi connectivity index (χ0) is 17.0. The summed E-state index contributed by atoms with van der Waals surface area (Å²) >= 11 is 12.1. The molecule has 0 spiro atoms. The average molecular weight is 351 g/mol. The van der Waals surface area contributed by atoms with Gasteiger partial charge in [0.15, 0.2) is 0 Å². The zero-order valence-corrected chi connectivity index (χ0v) is 15.0. The van der Waals surface area contributed by atoms with Crippen LogP contribution < -0.4 is 0 Å². The summed E-state index contributed by atoms with van der Waals surface area (Å²) < 4.78 is 5.47. The molecule has 2 rings (SSSR count). The summed E-state index contributed by atoms with van der Waals surface area (Å²) in [5, 5.41) is 0.980. The number of rotatable bonds is 4. The van der Waals surface area contributed by atoms with Crippen molar-refractivity contribution in [1.82, 2.24) is 0 Å². The van der Waals surface area contributed by atoms with Crippen molar-refractivity contribution in [1.29, 1.82) is 0 Å². The van der Waals surface area contributed by atoms with Crippen LogP contribution in [-0.4, -0.2) is 11.6 Å². The predicted octanol–water partition coefficient (Wildman–Crippen LogP) is 5.86. The van der Waals surface area contributed by atoms with Crippen molar-refractivity contribution in [2.24, 2.45) is 0 Å². The third-order valence-electron chi connectivity index (χ3n) is 3.34. The van der Waals surface area contributed by atoms with Crippen LogP contribution in [0.2, 0.25) is 10.0 Å². The minimum absolute atomic E-state index is 0.124. The lowest BCUT2D eigenvalue weighted by atomic mass is 9.88. The van der Waals surface area contributed by atoms with Crippen LogP contribution >= 0.6 is 23.2 Å². The molecule has 4 heteroatoms. The summed E-state index contributed by atoms with van der Waals surface area (Å²) in [7, 11) is 0. The Morgan fingerprint density at radius 2 is 1.65 bits per heavy atom. The molecule has 23 heavy (non-hydrogen) atoms. The summed E-state index contributed by atoms with van der Waals surface area (Å²) in [6, 6.07) is 15.3. The fourth-order valence-electron chi connectivity index (χ4n) is 2.39. The smallest absolute Gasteiger partial charge is 0.307 e. The maximum Gasteiger partial charge on any atom is 0.307 e. The van der Waals surface area contributed by atoms with Crippen molar-refractivity contribution < 1.29 is 9.53 Å². The lowest BCUT2D eigenvalue weighted by Gasteiger charge is -2.23. The number of hydrogen-bond acceptors (Lipinski definition) is 2. The molecular formula is C19H20Cl2O2. The molecule has 0 unspecified atom stereocenters. The Bertz CT molecular complexity index is 676. The van der Waals surface area contributed by atoms with Crippen LogP contribution in [0.4, 0.5) is 0 Å². The van der Waals surface area contributed by atoms with Gasteiger partial charge in [-0.3, -0.25) is 4.79 Å². The quantitative estimate of drug-likeness (QED) is 0.645. The molecule has 2 aromatic carbocycles. The molecule has 0 aliphatic rings. The summed E-state index contributed by atoms with van der Waals surface area (Å²) in [6.07, 6.45) is 0.249. The number of esters is 1. The average Bonchev–Trinajstić information content (AvgIpc) is 2.47. The van der Waals surface area contributed by atoms with Crippen LogP contribution in [-0.2, 0) is 9.53 Å². The van der Waals surface area contributed by atoms with E-state index in [4.69, 9.17) is 27.9 Å². The predicted molar refractivity (Wildman–Crippen MR) is 95.2 cm³/mol. The molecule has 0 fully saturated rings. The SMILES string of the molecule is CC(C)(C)OC(=O)C[C@@H](c1ccccc1)c1ccc(Cl)c(Cl)c1. The van der Waals surface area contributed by atoms with Crippen molar-refractivity contribution in [2.45, 2.75) is 38.7 Å². The fraction of sp³-hybridized carbons (Fsp3) is 0.316. The van der Waals surface area contributed by atoms with E-state index in [-0.39, 0.29) is 18.3 Å². The van der Waals surface area contributed by atoms with Crippen molar-refractivity contribution in [3.05, 3.63) is 69.7 Å². The number of carbonyl (C=O) groups is 1. The highest BCUT2D eigenvalue weighted by molar-refractivity contribution is 6.42. The van der Waals surface area contributed by atoms with Gasteiger partial charge < -0.3 is 4.74 Å². The molecule has 0 amide bonds. The fourth-order valence-corrected chi connectivity index (χ4v) is 2.70. The van der Waals surface area contributed by atoms with E-state index in [0.29, 0.717) is 10.0 Å². The minimum atomic E-state index is -0.504. The molecule has 122 valence electrons. The van der Waals surface area contributed by atoms with E-state index in [2.05, 4.69) is 0 Å². The number of hydrogen-bond donors (Lipinski definition) is 0. The molecule has 0 N–H and O–H groups in total. The maximum atomic E-state index is 12.3. The Labute approximate surface area is 147 Å². The van der Waals surface area contributed by atoms with E-state index in [1.54, 1.807) is 6.07 Å². The molecule has 0 saturated carbocycles. The molecule has 0 heterocycles. The number of carbonyl (C=O) groups excluding carboxylic acids is 1. The Morgan fingerprint density at radius 1 is 1.00 bits per heavy atom. The van der Waals surface area contributed by atoms with Gasteiger partial charge in [-0.2, -0.15) is 0 Å². The third-order valence-corrected chi connectivity index (χ3v) is 4.08. The first-order valence-electron chi connectivity index (χ1n) is 7.48. The molecular weight excluding hydrogens is 331 g/mol. The summed E-state index contributed by atoms with van der Waals surface area (Å²) in [6.45, 7) is 5.59. The molecule has 0 saturated heterocycles. The molecule has 0 aliphatic heterocycles. The highest BCUT2D eigenvalue weighted by Crippen LogP contribution is 2.33. The first kappa shape index (κ1) is 17.8. The highest BCUT2D eigenvalue weighted by Gasteiger charge is 2.23. The van der Waals surface area contributed by atoms with Crippen LogP contribution in [0.15, 0.2) is 48.5 Å². The van der Waals surface area contributed by atoms with Crippen molar-refractivity contribution >= 4 is 29.2 Å². The normalized spacial score (nSPS) is 12.7. The van der Waals surface area contributed by atoms with E-state index in [0.717, 1.165) is 11.1 Å². The highest BCUT2D eigenvalue weighted by atomic mass is 35.5. The van der Waals surface area contributed by atoms with Gasteiger partial charge in [-0.1, -0.05) is 59.6 Å². The second-order valence-corrected chi connectivity index (χ2v) is 7.24. The van der Waals surface area contributed by atoms with Gasteiger partial charge >= 0.3 is 5.97 Å². The van der Waals surface area contributed by atoms with Crippen LogP contribution in [0, 0.1) is 0 Å². The molecule has 0 aliphatic carbocycles. The number of benzene rings is 2. The molecule has 2 nitrogen and oxygen atoms in total. The van der Waals surface area contributed by atoms with Crippen LogP contribution in [0.1, 0.15) is 44.2 Å². The van der Waals surface area contributed by atoms with Gasteiger partial charge in [-0.05, 0) is 44.0 Å². The van der Waals surface area contributed by atoms with Crippen LogP contribution in [0.3, 0.4) is 0 Å². The topological polar surface area (TPSA) is 26.3 Å². The van der Waals surface area contributed by atoms with Crippen molar-refractivity contribution in [3.8, 4) is 0 Å². The van der Waals surface area contributed by atoms with Crippen molar-refractivity contribution in [3.63, 3.8) is 0 Å². The van der Waals surface area contributed by atoms with E-state index in [1.165, 1.54) is 0 Å². The Kier molecular flexibility index (Phi) is 5.72. The second-order valence-electron chi connectivity index (χ2n) is 6.43. The molecule has 0 bridgehead atoms.